The van der Waals surface area contributed by atoms with E-state index in [1.165, 1.54) is 31.2 Å². The van der Waals surface area contributed by atoms with Crippen LogP contribution in [-0.4, -0.2) is 28.2 Å². The molecule has 0 aliphatic rings. The van der Waals surface area contributed by atoms with Gasteiger partial charge >= 0.3 is 11.9 Å². The molecule has 8 nitrogen and oxygen atoms in total. The second-order valence-corrected chi connectivity index (χ2v) is 6.86. The molecule has 0 heterocycles. The maximum atomic E-state index is 12.0. The monoisotopic (exact) mass is 365 g/mol. The maximum Gasteiger partial charge on any atom is 0.311 e. The summed E-state index contributed by atoms with van der Waals surface area (Å²) in [4.78, 5) is 45.5. The van der Waals surface area contributed by atoms with Gasteiger partial charge in [-0.25, -0.2) is 0 Å². The van der Waals surface area contributed by atoms with Crippen molar-refractivity contribution in [2.24, 2.45) is 5.92 Å². The van der Waals surface area contributed by atoms with E-state index < -0.39 is 28.4 Å². The molecule has 26 heavy (non-hydrogen) atoms. The third-order valence-electron chi connectivity index (χ3n) is 3.38. The van der Waals surface area contributed by atoms with Gasteiger partial charge in [-0.1, -0.05) is 0 Å². The van der Waals surface area contributed by atoms with E-state index >= 15 is 0 Å². The molecule has 0 unspecified atom stereocenters. The van der Waals surface area contributed by atoms with Crippen LogP contribution in [0.15, 0.2) is 24.3 Å². The van der Waals surface area contributed by atoms with E-state index in [1.54, 1.807) is 20.8 Å². The van der Waals surface area contributed by atoms with Crippen molar-refractivity contribution >= 4 is 23.4 Å². The van der Waals surface area contributed by atoms with Gasteiger partial charge in [0.2, 0.25) is 0 Å². The van der Waals surface area contributed by atoms with Crippen molar-refractivity contribution in [1.29, 1.82) is 0 Å². The fraction of sp³-hybridized carbons (Fsp3) is 0.500. The Hall–Kier alpha value is -2.77. The standard InChI is InChI=1S/C18H23NO7/c1-12(20)13(5-10-16(21)26-18(2,3)4)11-17(22)25-15-8-6-14(7-9-15)19(23)24/h6-9,13H,5,10-11H2,1-4H3/t13-/m1/s1. The summed E-state index contributed by atoms with van der Waals surface area (Å²) >= 11 is 0. The van der Waals surface area contributed by atoms with E-state index in [2.05, 4.69) is 0 Å². The highest BCUT2D eigenvalue weighted by atomic mass is 16.6. The Morgan fingerprint density at radius 3 is 2.15 bits per heavy atom. The van der Waals surface area contributed by atoms with Crippen LogP contribution in [0.25, 0.3) is 0 Å². The second-order valence-electron chi connectivity index (χ2n) is 6.86. The van der Waals surface area contributed by atoms with Crippen LogP contribution in [0.2, 0.25) is 0 Å². The molecule has 0 fully saturated rings. The van der Waals surface area contributed by atoms with Gasteiger partial charge in [-0.15, -0.1) is 0 Å². The molecule has 8 heteroatoms. The quantitative estimate of drug-likeness (QED) is 0.301. The minimum absolute atomic E-state index is 0.0202. The first-order valence-corrected chi connectivity index (χ1v) is 8.15. The lowest BCUT2D eigenvalue weighted by molar-refractivity contribution is -0.384. The Balaban J connectivity index is 2.58. The highest BCUT2D eigenvalue weighted by molar-refractivity contribution is 5.84. The van der Waals surface area contributed by atoms with E-state index in [0.29, 0.717) is 0 Å². The molecule has 0 aliphatic heterocycles. The fourth-order valence-electron chi connectivity index (χ4n) is 2.14. The van der Waals surface area contributed by atoms with Crippen molar-refractivity contribution in [3.05, 3.63) is 34.4 Å². The van der Waals surface area contributed by atoms with Crippen molar-refractivity contribution in [2.45, 2.75) is 52.6 Å². The van der Waals surface area contributed by atoms with Crippen LogP contribution in [0.3, 0.4) is 0 Å². The van der Waals surface area contributed by atoms with E-state index in [1.807, 2.05) is 0 Å². The molecule has 0 N–H and O–H groups in total. The molecule has 0 spiro atoms. The number of ether oxygens (including phenoxy) is 2. The summed E-state index contributed by atoms with van der Waals surface area (Å²) in [6, 6.07) is 5.04. The second kappa shape index (κ2) is 9.07. The van der Waals surface area contributed by atoms with Gasteiger partial charge in [0.25, 0.3) is 5.69 Å². The summed E-state index contributed by atoms with van der Waals surface area (Å²) in [5, 5.41) is 10.6. The van der Waals surface area contributed by atoms with Gasteiger partial charge < -0.3 is 9.47 Å². The maximum absolute atomic E-state index is 12.0. The molecule has 0 saturated carbocycles. The molecule has 1 rings (SSSR count). The van der Waals surface area contributed by atoms with Crippen molar-refractivity contribution in [3.63, 3.8) is 0 Å². The number of carbonyl (C=O) groups is 3. The number of Topliss-reactive ketones (excluding diaryl/α,β-unsaturated/α-hetero) is 1. The van der Waals surface area contributed by atoms with E-state index in [0.717, 1.165) is 0 Å². The summed E-state index contributed by atoms with van der Waals surface area (Å²) in [6.07, 6.45) is 0.0149. The van der Waals surface area contributed by atoms with Gasteiger partial charge in [0.15, 0.2) is 0 Å². The molecule has 0 aromatic heterocycles. The lowest BCUT2D eigenvalue weighted by Crippen LogP contribution is -2.25. The largest absolute Gasteiger partial charge is 0.460 e. The van der Waals surface area contributed by atoms with E-state index in [9.17, 15) is 24.5 Å². The number of nitro groups is 1. The molecule has 1 aromatic carbocycles. The molecule has 0 radical (unpaired) electrons. The first kappa shape index (κ1) is 21.3. The number of nitrogens with zero attached hydrogens (tertiary/aromatic N) is 1. The third kappa shape index (κ3) is 7.87. The Bertz CT molecular complexity index is 674. The minimum atomic E-state index is -0.659. The number of esters is 2. The Labute approximate surface area is 151 Å². The van der Waals surface area contributed by atoms with Gasteiger partial charge in [0, 0.05) is 24.5 Å². The van der Waals surface area contributed by atoms with E-state index in [4.69, 9.17) is 9.47 Å². The number of rotatable bonds is 8. The number of ketones is 1. The first-order chi connectivity index (χ1) is 12.0. The molecule has 0 bridgehead atoms. The van der Waals surface area contributed by atoms with Crippen LogP contribution < -0.4 is 4.74 Å². The number of hydrogen-bond donors (Lipinski definition) is 0. The topological polar surface area (TPSA) is 113 Å². The molecule has 1 aromatic rings. The average Bonchev–Trinajstić information content (AvgIpc) is 2.49. The molecular formula is C18H23NO7. The predicted octanol–water partition coefficient (Wildman–Crippen LogP) is 3.22. The van der Waals surface area contributed by atoms with Gasteiger partial charge in [-0.3, -0.25) is 24.5 Å². The fourth-order valence-corrected chi connectivity index (χ4v) is 2.14. The van der Waals surface area contributed by atoms with Crippen molar-refractivity contribution in [2.75, 3.05) is 0 Å². The third-order valence-corrected chi connectivity index (χ3v) is 3.38. The van der Waals surface area contributed by atoms with Gasteiger partial charge in [0.05, 0.1) is 11.3 Å². The van der Waals surface area contributed by atoms with Crippen LogP contribution in [0.5, 0.6) is 5.75 Å². The summed E-state index contributed by atoms with van der Waals surface area (Å²) in [7, 11) is 0. The average molecular weight is 365 g/mol. The van der Waals surface area contributed by atoms with Crippen LogP contribution >= 0.6 is 0 Å². The zero-order valence-corrected chi connectivity index (χ0v) is 15.3. The Morgan fingerprint density at radius 1 is 1.12 bits per heavy atom. The van der Waals surface area contributed by atoms with Crippen molar-refractivity contribution in [3.8, 4) is 5.75 Å². The Kier molecular flexibility index (Phi) is 7.42. The molecule has 142 valence electrons. The highest BCUT2D eigenvalue weighted by Gasteiger charge is 2.23. The number of carbonyl (C=O) groups excluding carboxylic acids is 3. The number of nitro benzene ring substituents is 1. The number of non-ortho nitro benzene ring substituents is 1. The first-order valence-electron chi connectivity index (χ1n) is 8.15. The molecule has 1 atom stereocenters. The van der Waals surface area contributed by atoms with Crippen molar-refractivity contribution in [1.82, 2.24) is 0 Å². The summed E-state index contributed by atoms with van der Waals surface area (Å²) in [5.74, 6) is -1.83. The Morgan fingerprint density at radius 2 is 1.69 bits per heavy atom. The molecule has 0 saturated heterocycles. The zero-order valence-electron chi connectivity index (χ0n) is 15.3. The van der Waals surface area contributed by atoms with Crippen LogP contribution in [0, 0.1) is 16.0 Å². The van der Waals surface area contributed by atoms with Gasteiger partial charge in [-0.2, -0.15) is 0 Å². The van der Waals surface area contributed by atoms with Gasteiger partial charge in [-0.05, 0) is 46.2 Å². The molecular weight excluding hydrogens is 342 g/mol. The highest BCUT2D eigenvalue weighted by Crippen LogP contribution is 2.20. The van der Waals surface area contributed by atoms with Crippen LogP contribution in [-0.2, 0) is 19.1 Å². The SMILES string of the molecule is CC(=O)[C@H](CCC(=O)OC(C)(C)C)CC(=O)Oc1ccc([N+](=O)[O-])cc1. The van der Waals surface area contributed by atoms with E-state index in [-0.39, 0.29) is 36.5 Å². The minimum Gasteiger partial charge on any atom is -0.460 e. The van der Waals surface area contributed by atoms with Crippen LogP contribution in [0.1, 0.15) is 47.0 Å². The smallest absolute Gasteiger partial charge is 0.311 e. The predicted molar refractivity (Wildman–Crippen MR) is 92.6 cm³/mol. The molecule has 0 aliphatic carbocycles. The lowest BCUT2D eigenvalue weighted by atomic mass is 9.95. The normalized spacial score (nSPS) is 12.2. The van der Waals surface area contributed by atoms with Crippen LogP contribution in [0.4, 0.5) is 5.69 Å². The van der Waals surface area contributed by atoms with Gasteiger partial charge in [0.1, 0.15) is 17.1 Å². The number of hydrogen-bond acceptors (Lipinski definition) is 7. The number of benzene rings is 1. The van der Waals surface area contributed by atoms with Crippen molar-refractivity contribution < 1.29 is 28.8 Å². The molecule has 0 amide bonds. The lowest BCUT2D eigenvalue weighted by Gasteiger charge is -2.20. The summed E-state index contributed by atoms with van der Waals surface area (Å²) in [5.41, 5.74) is -0.735. The zero-order chi connectivity index (χ0) is 19.9. The summed E-state index contributed by atoms with van der Waals surface area (Å²) < 4.78 is 10.3. The summed E-state index contributed by atoms with van der Waals surface area (Å²) in [6.45, 7) is 6.58.